The molecule has 1 aromatic heterocycles. The molecule has 0 saturated carbocycles. The van der Waals surface area contributed by atoms with Crippen LogP contribution in [0.15, 0.2) is 12.3 Å². The first-order chi connectivity index (χ1) is 10.1. The Morgan fingerprint density at radius 2 is 2.10 bits per heavy atom. The highest BCUT2D eigenvalue weighted by atomic mass is 35.5. The molecule has 2 N–H and O–H groups in total. The maximum absolute atomic E-state index is 12.1. The van der Waals surface area contributed by atoms with Gasteiger partial charge in [0.25, 0.3) is 5.91 Å². The van der Waals surface area contributed by atoms with E-state index < -0.39 is 0 Å². The molecule has 1 aromatic rings. The number of amides is 1. The number of aromatic nitrogens is 1. The number of halogens is 1. The van der Waals surface area contributed by atoms with E-state index in [0.29, 0.717) is 16.4 Å². The molecule has 1 heterocycles. The summed E-state index contributed by atoms with van der Waals surface area (Å²) >= 11 is 6.10. The van der Waals surface area contributed by atoms with Crippen LogP contribution in [0.25, 0.3) is 0 Å². The van der Waals surface area contributed by atoms with Crippen LogP contribution < -0.4 is 10.6 Å². The number of hydrogen-bond donors (Lipinski definition) is 2. The molecule has 1 unspecified atom stereocenters. The molecule has 0 radical (unpaired) electrons. The van der Waals surface area contributed by atoms with Crippen molar-refractivity contribution in [2.24, 2.45) is 0 Å². The molecule has 21 heavy (non-hydrogen) atoms. The van der Waals surface area contributed by atoms with Crippen LogP contribution in [0.2, 0.25) is 5.02 Å². The van der Waals surface area contributed by atoms with Crippen molar-refractivity contribution in [3.8, 4) is 0 Å². The fourth-order valence-corrected chi connectivity index (χ4v) is 2.35. The molecule has 1 amide bonds. The summed E-state index contributed by atoms with van der Waals surface area (Å²) in [5.74, 6) is 0.499. The summed E-state index contributed by atoms with van der Waals surface area (Å²) in [6, 6.07) is 1.83. The topological polar surface area (TPSA) is 54.0 Å². The molecule has 0 aliphatic rings. The van der Waals surface area contributed by atoms with Gasteiger partial charge in [0.05, 0.1) is 10.6 Å². The van der Waals surface area contributed by atoms with E-state index in [1.165, 1.54) is 19.3 Å². The van der Waals surface area contributed by atoms with E-state index in [-0.39, 0.29) is 11.9 Å². The van der Waals surface area contributed by atoms with Gasteiger partial charge in [0.2, 0.25) is 0 Å². The lowest BCUT2D eigenvalue weighted by Gasteiger charge is -2.14. The summed E-state index contributed by atoms with van der Waals surface area (Å²) in [4.78, 5) is 16.3. The zero-order valence-corrected chi connectivity index (χ0v) is 14.0. The second-order valence-electron chi connectivity index (χ2n) is 5.31. The molecule has 0 bridgehead atoms. The van der Waals surface area contributed by atoms with Gasteiger partial charge >= 0.3 is 0 Å². The second-order valence-corrected chi connectivity index (χ2v) is 5.72. The zero-order chi connectivity index (χ0) is 15.7. The summed E-state index contributed by atoms with van der Waals surface area (Å²) in [5.41, 5.74) is 0.502. The van der Waals surface area contributed by atoms with Gasteiger partial charge in [0.1, 0.15) is 5.82 Å². The van der Waals surface area contributed by atoms with Crippen LogP contribution in [0.5, 0.6) is 0 Å². The Morgan fingerprint density at radius 1 is 1.33 bits per heavy atom. The molecular weight excluding hydrogens is 286 g/mol. The highest BCUT2D eigenvalue weighted by molar-refractivity contribution is 6.33. The molecule has 0 spiro atoms. The number of anilines is 1. The van der Waals surface area contributed by atoms with Gasteiger partial charge in [-0.2, -0.15) is 0 Å². The number of nitrogens with one attached hydrogen (secondary N) is 2. The largest absolute Gasteiger partial charge is 0.369 e. The highest BCUT2D eigenvalue weighted by Gasteiger charge is 2.12. The predicted octanol–water partition coefficient (Wildman–Crippen LogP) is 4.26. The van der Waals surface area contributed by atoms with Gasteiger partial charge in [-0.15, -0.1) is 0 Å². The fraction of sp³-hybridized carbons (Fsp3) is 0.625. The third kappa shape index (κ3) is 6.34. The SMILES string of the molecule is CCCCCCC(C)NC(=O)c1cnc(NCC)c(Cl)c1. The lowest BCUT2D eigenvalue weighted by atomic mass is 10.1. The van der Waals surface area contributed by atoms with Crippen LogP contribution in [0.4, 0.5) is 5.82 Å². The van der Waals surface area contributed by atoms with E-state index in [1.54, 1.807) is 12.3 Å². The van der Waals surface area contributed by atoms with E-state index >= 15 is 0 Å². The number of rotatable bonds is 9. The molecule has 118 valence electrons. The number of carbonyl (C=O) groups excluding carboxylic acids is 1. The highest BCUT2D eigenvalue weighted by Crippen LogP contribution is 2.20. The van der Waals surface area contributed by atoms with Crippen molar-refractivity contribution >= 4 is 23.3 Å². The first-order valence-electron chi connectivity index (χ1n) is 7.78. The minimum Gasteiger partial charge on any atom is -0.369 e. The van der Waals surface area contributed by atoms with Gasteiger partial charge in [0, 0.05) is 18.8 Å². The van der Waals surface area contributed by atoms with Crippen LogP contribution in [0.3, 0.4) is 0 Å². The second kappa shape index (κ2) is 9.61. The smallest absolute Gasteiger partial charge is 0.253 e. The zero-order valence-electron chi connectivity index (χ0n) is 13.2. The lowest BCUT2D eigenvalue weighted by Crippen LogP contribution is -2.32. The van der Waals surface area contributed by atoms with Crippen molar-refractivity contribution in [3.05, 3.63) is 22.8 Å². The van der Waals surface area contributed by atoms with E-state index in [9.17, 15) is 4.79 Å². The quantitative estimate of drug-likeness (QED) is 0.670. The lowest BCUT2D eigenvalue weighted by molar-refractivity contribution is 0.0937. The first-order valence-corrected chi connectivity index (χ1v) is 8.16. The maximum Gasteiger partial charge on any atom is 0.253 e. The van der Waals surface area contributed by atoms with E-state index in [4.69, 9.17) is 11.6 Å². The van der Waals surface area contributed by atoms with Gasteiger partial charge < -0.3 is 10.6 Å². The Hall–Kier alpha value is -1.29. The van der Waals surface area contributed by atoms with Crippen LogP contribution >= 0.6 is 11.6 Å². The number of unbranched alkanes of at least 4 members (excludes halogenated alkanes) is 3. The van der Waals surface area contributed by atoms with Gasteiger partial charge in [-0.1, -0.05) is 44.2 Å². The third-order valence-corrected chi connectivity index (χ3v) is 3.60. The van der Waals surface area contributed by atoms with Crippen molar-refractivity contribution in [1.82, 2.24) is 10.3 Å². The van der Waals surface area contributed by atoms with Crippen LogP contribution in [0.1, 0.15) is 63.2 Å². The van der Waals surface area contributed by atoms with Crippen molar-refractivity contribution in [2.45, 2.75) is 58.9 Å². The minimum absolute atomic E-state index is 0.115. The molecule has 1 rings (SSSR count). The Labute approximate surface area is 132 Å². The molecule has 4 nitrogen and oxygen atoms in total. The molecule has 0 fully saturated rings. The normalized spacial score (nSPS) is 12.0. The number of pyridine rings is 1. The predicted molar refractivity (Wildman–Crippen MR) is 89.1 cm³/mol. The monoisotopic (exact) mass is 311 g/mol. The molecule has 5 heteroatoms. The van der Waals surface area contributed by atoms with Crippen molar-refractivity contribution in [3.63, 3.8) is 0 Å². The minimum atomic E-state index is -0.115. The van der Waals surface area contributed by atoms with Crippen LogP contribution in [-0.4, -0.2) is 23.5 Å². The Balaban J connectivity index is 2.49. The van der Waals surface area contributed by atoms with Crippen molar-refractivity contribution < 1.29 is 4.79 Å². The summed E-state index contributed by atoms with van der Waals surface area (Å²) < 4.78 is 0. The van der Waals surface area contributed by atoms with Crippen molar-refractivity contribution in [1.29, 1.82) is 0 Å². The summed E-state index contributed by atoms with van der Waals surface area (Å²) in [6.45, 7) is 6.94. The molecular formula is C16H26ClN3O. The van der Waals surface area contributed by atoms with E-state index in [1.807, 2.05) is 13.8 Å². The molecule has 0 aromatic carbocycles. The summed E-state index contributed by atoms with van der Waals surface area (Å²) in [5, 5.41) is 6.51. The van der Waals surface area contributed by atoms with Crippen molar-refractivity contribution in [2.75, 3.05) is 11.9 Å². The molecule has 0 saturated heterocycles. The standard InChI is InChI=1S/C16H26ClN3O/c1-4-6-7-8-9-12(3)20-16(21)13-10-14(17)15(18-5-2)19-11-13/h10-12H,4-9H2,1-3H3,(H,18,19)(H,20,21). The molecule has 0 aliphatic heterocycles. The third-order valence-electron chi connectivity index (χ3n) is 3.32. The van der Waals surface area contributed by atoms with Crippen LogP contribution in [0, 0.1) is 0 Å². The Bertz CT molecular complexity index is 451. The van der Waals surface area contributed by atoms with Gasteiger partial charge in [-0.25, -0.2) is 4.98 Å². The number of carbonyl (C=O) groups is 1. The van der Waals surface area contributed by atoms with E-state index in [2.05, 4.69) is 22.5 Å². The average molecular weight is 312 g/mol. The van der Waals surface area contributed by atoms with Gasteiger partial charge in [-0.05, 0) is 26.3 Å². The van der Waals surface area contributed by atoms with Gasteiger partial charge in [0.15, 0.2) is 0 Å². The summed E-state index contributed by atoms with van der Waals surface area (Å²) in [7, 11) is 0. The Kier molecular flexibility index (Phi) is 8.13. The fourth-order valence-electron chi connectivity index (χ4n) is 2.12. The molecule has 0 aliphatic carbocycles. The molecule has 1 atom stereocenters. The van der Waals surface area contributed by atoms with Gasteiger partial charge in [-0.3, -0.25) is 4.79 Å². The maximum atomic E-state index is 12.1. The summed E-state index contributed by atoms with van der Waals surface area (Å²) in [6.07, 6.45) is 7.41. The van der Waals surface area contributed by atoms with Crippen LogP contribution in [-0.2, 0) is 0 Å². The number of nitrogens with zero attached hydrogens (tertiary/aromatic N) is 1. The number of hydrogen-bond acceptors (Lipinski definition) is 3. The first kappa shape index (κ1) is 17.8. The Morgan fingerprint density at radius 3 is 2.71 bits per heavy atom. The average Bonchev–Trinajstić information content (AvgIpc) is 2.46. The van der Waals surface area contributed by atoms with E-state index in [0.717, 1.165) is 19.4 Å².